The molecule has 188 valence electrons. The van der Waals surface area contributed by atoms with E-state index in [1.165, 1.54) is 25.1 Å². The number of hydrogen-bond acceptors (Lipinski definition) is 9. The fraction of sp³-hybridized carbons (Fsp3) is 0.308. The Morgan fingerprint density at radius 3 is 2.53 bits per heavy atom. The van der Waals surface area contributed by atoms with Crippen molar-refractivity contribution >= 4 is 29.6 Å². The highest BCUT2D eigenvalue weighted by atomic mass is 16.6. The summed E-state index contributed by atoms with van der Waals surface area (Å²) in [4.78, 5) is 54.7. The number of nitrogens with zero attached hydrogens (tertiary/aromatic N) is 3. The van der Waals surface area contributed by atoms with E-state index in [4.69, 9.17) is 9.47 Å². The van der Waals surface area contributed by atoms with Crippen LogP contribution in [0.2, 0.25) is 0 Å². The van der Waals surface area contributed by atoms with Crippen LogP contribution in [0.15, 0.2) is 70.9 Å². The molecule has 10 heteroatoms. The quantitative estimate of drug-likeness (QED) is 0.214. The molecule has 0 aliphatic carbocycles. The third kappa shape index (κ3) is 6.08. The van der Waals surface area contributed by atoms with Crippen molar-refractivity contribution in [3.8, 4) is 0 Å². The number of esters is 2. The Morgan fingerprint density at radius 2 is 1.89 bits per heavy atom. The van der Waals surface area contributed by atoms with Gasteiger partial charge in [-0.2, -0.15) is 0 Å². The number of non-ortho nitro benzene ring substituents is 1. The van der Waals surface area contributed by atoms with E-state index in [1.807, 2.05) is 42.3 Å². The van der Waals surface area contributed by atoms with Gasteiger partial charge in [0, 0.05) is 36.8 Å². The Bertz CT molecular complexity index is 1210. The Labute approximate surface area is 208 Å². The molecule has 0 N–H and O–H groups in total. The average Bonchev–Trinajstić information content (AvgIpc) is 2.87. The maximum atomic E-state index is 13.3. The van der Waals surface area contributed by atoms with E-state index in [-0.39, 0.29) is 29.3 Å². The molecule has 0 saturated carbocycles. The van der Waals surface area contributed by atoms with Gasteiger partial charge in [0.1, 0.15) is 12.5 Å². The first-order valence-electron chi connectivity index (χ1n) is 11.2. The molecule has 2 aromatic rings. The van der Waals surface area contributed by atoms with Crippen molar-refractivity contribution in [3.63, 3.8) is 0 Å². The number of carbonyl (C=O) groups excluding carboxylic acids is 3. The molecule has 0 bridgehead atoms. The van der Waals surface area contributed by atoms with E-state index in [2.05, 4.69) is 4.99 Å². The standard InChI is InChI=1S/C26H27N3O7/c1-17-22(26(32)36-13-12-28(2)15-18-8-5-4-6-9-18)23(19-10-7-11-20(14-19)29(33)34)24(25(31)35-3)21(16-30)27-17/h4-11,14,16,23-24H,12-13,15H2,1-3H3. The number of allylic oxidation sites excluding steroid dienone is 1. The molecule has 0 amide bonds. The summed E-state index contributed by atoms with van der Waals surface area (Å²) in [6, 6.07) is 15.4. The van der Waals surface area contributed by atoms with Crippen molar-refractivity contribution in [2.24, 2.45) is 10.9 Å². The maximum absolute atomic E-state index is 13.3. The van der Waals surface area contributed by atoms with Crippen molar-refractivity contribution < 1.29 is 28.8 Å². The van der Waals surface area contributed by atoms with Crippen LogP contribution < -0.4 is 0 Å². The molecule has 0 aromatic heterocycles. The van der Waals surface area contributed by atoms with Crippen LogP contribution in [-0.2, 0) is 30.4 Å². The highest BCUT2D eigenvalue weighted by Crippen LogP contribution is 2.40. The Kier molecular flexibility index (Phi) is 8.80. The van der Waals surface area contributed by atoms with Crippen LogP contribution in [0, 0.1) is 16.0 Å². The minimum absolute atomic E-state index is 0.0437. The average molecular weight is 494 g/mol. The van der Waals surface area contributed by atoms with Crippen molar-refractivity contribution in [2.75, 3.05) is 27.3 Å². The number of rotatable bonds is 10. The van der Waals surface area contributed by atoms with Gasteiger partial charge in [-0.05, 0) is 25.1 Å². The van der Waals surface area contributed by atoms with Crippen molar-refractivity contribution in [3.05, 3.63) is 87.1 Å². The fourth-order valence-corrected chi connectivity index (χ4v) is 4.18. The predicted molar refractivity (Wildman–Crippen MR) is 131 cm³/mol. The SMILES string of the molecule is COC(=O)C1C(C=O)=NC(C)=C(C(=O)OCCN(C)Cc2ccccc2)C1c1cccc([N+](=O)[O-])c1. The minimum Gasteiger partial charge on any atom is -0.468 e. The second-order valence-electron chi connectivity index (χ2n) is 8.34. The normalized spacial score (nSPS) is 17.4. The zero-order chi connectivity index (χ0) is 26.2. The second kappa shape index (κ2) is 12.0. The summed E-state index contributed by atoms with van der Waals surface area (Å²) in [7, 11) is 3.05. The number of carbonyl (C=O) groups is 3. The first kappa shape index (κ1) is 26.4. The molecule has 1 aliphatic heterocycles. The molecule has 1 aliphatic rings. The number of likely N-dealkylation sites (N-methyl/N-ethyl adjacent to an activating group) is 1. The Hall–Kier alpha value is -4.18. The summed E-state index contributed by atoms with van der Waals surface area (Å²) in [5, 5.41) is 11.4. The fourth-order valence-electron chi connectivity index (χ4n) is 4.18. The van der Waals surface area contributed by atoms with Crippen LogP contribution in [0.25, 0.3) is 0 Å². The summed E-state index contributed by atoms with van der Waals surface area (Å²) >= 11 is 0. The van der Waals surface area contributed by atoms with Gasteiger partial charge in [0.15, 0.2) is 6.29 Å². The molecule has 3 rings (SSSR count). The van der Waals surface area contributed by atoms with Crippen molar-refractivity contribution in [2.45, 2.75) is 19.4 Å². The first-order valence-corrected chi connectivity index (χ1v) is 11.2. The number of aldehydes is 1. The van der Waals surface area contributed by atoms with Gasteiger partial charge in [0.25, 0.3) is 5.69 Å². The third-order valence-corrected chi connectivity index (χ3v) is 5.89. The largest absolute Gasteiger partial charge is 0.468 e. The number of benzene rings is 2. The van der Waals surface area contributed by atoms with Gasteiger partial charge in [0.05, 0.1) is 23.3 Å². The Balaban J connectivity index is 1.88. The molecular formula is C26H27N3O7. The number of methoxy groups -OCH3 is 1. The van der Waals surface area contributed by atoms with E-state index in [0.717, 1.165) is 12.7 Å². The van der Waals surface area contributed by atoms with E-state index >= 15 is 0 Å². The minimum atomic E-state index is -1.26. The van der Waals surface area contributed by atoms with Crippen LogP contribution in [0.5, 0.6) is 0 Å². The van der Waals surface area contributed by atoms with Gasteiger partial charge in [-0.1, -0.05) is 42.5 Å². The van der Waals surface area contributed by atoms with Crippen molar-refractivity contribution in [1.29, 1.82) is 0 Å². The number of nitro benzene ring substituents is 1. The molecule has 10 nitrogen and oxygen atoms in total. The lowest BCUT2D eigenvalue weighted by atomic mass is 9.75. The highest BCUT2D eigenvalue weighted by Gasteiger charge is 2.44. The lowest BCUT2D eigenvalue weighted by molar-refractivity contribution is -0.384. The molecule has 2 unspecified atom stereocenters. The van der Waals surface area contributed by atoms with Gasteiger partial charge >= 0.3 is 11.9 Å². The van der Waals surface area contributed by atoms with Gasteiger partial charge in [-0.25, -0.2) is 4.79 Å². The molecule has 0 spiro atoms. The molecule has 2 aromatic carbocycles. The number of ether oxygens (including phenoxy) is 2. The molecule has 0 fully saturated rings. The van der Waals surface area contributed by atoms with Crippen LogP contribution in [0.3, 0.4) is 0 Å². The van der Waals surface area contributed by atoms with Gasteiger partial charge in [-0.15, -0.1) is 0 Å². The zero-order valence-corrected chi connectivity index (χ0v) is 20.2. The summed E-state index contributed by atoms with van der Waals surface area (Å²) < 4.78 is 10.4. The topological polar surface area (TPSA) is 128 Å². The molecule has 36 heavy (non-hydrogen) atoms. The number of hydrogen-bond donors (Lipinski definition) is 0. The summed E-state index contributed by atoms with van der Waals surface area (Å²) in [5.74, 6) is -3.83. The highest BCUT2D eigenvalue weighted by molar-refractivity contribution is 6.35. The van der Waals surface area contributed by atoms with Crippen molar-refractivity contribution in [1.82, 2.24) is 4.90 Å². The van der Waals surface area contributed by atoms with Crippen LogP contribution in [0.4, 0.5) is 5.69 Å². The van der Waals surface area contributed by atoms with E-state index in [9.17, 15) is 24.5 Å². The van der Waals surface area contributed by atoms with E-state index in [1.54, 1.807) is 6.07 Å². The molecule has 0 radical (unpaired) electrons. The molecule has 0 saturated heterocycles. The number of nitro groups is 1. The summed E-state index contributed by atoms with van der Waals surface area (Å²) in [6.45, 7) is 2.69. The lowest BCUT2D eigenvalue weighted by Gasteiger charge is -2.30. The smallest absolute Gasteiger partial charge is 0.336 e. The van der Waals surface area contributed by atoms with E-state index in [0.29, 0.717) is 24.9 Å². The van der Waals surface area contributed by atoms with Gasteiger partial charge in [-0.3, -0.25) is 29.6 Å². The van der Waals surface area contributed by atoms with Crippen LogP contribution in [0.1, 0.15) is 24.0 Å². The molecular weight excluding hydrogens is 466 g/mol. The van der Waals surface area contributed by atoms with Gasteiger partial charge < -0.3 is 9.47 Å². The monoisotopic (exact) mass is 493 g/mol. The lowest BCUT2D eigenvalue weighted by Crippen LogP contribution is -2.38. The van der Waals surface area contributed by atoms with Crippen LogP contribution in [-0.4, -0.2) is 61.1 Å². The summed E-state index contributed by atoms with van der Waals surface area (Å²) in [5.41, 5.74) is 1.29. The molecule has 2 atom stereocenters. The molecule has 1 heterocycles. The number of aliphatic imine (C=N–C) groups is 1. The van der Waals surface area contributed by atoms with E-state index < -0.39 is 28.7 Å². The van der Waals surface area contributed by atoms with Gasteiger partial charge in [0.2, 0.25) is 0 Å². The summed E-state index contributed by atoms with van der Waals surface area (Å²) in [6.07, 6.45) is 0.427. The second-order valence-corrected chi connectivity index (χ2v) is 8.34. The van der Waals surface area contributed by atoms with Crippen LogP contribution >= 0.6 is 0 Å². The maximum Gasteiger partial charge on any atom is 0.336 e. The third-order valence-electron chi connectivity index (χ3n) is 5.89. The predicted octanol–water partition coefficient (Wildman–Crippen LogP) is 3.07. The zero-order valence-electron chi connectivity index (χ0n) is 20.2. The Morgan fingerprint density at radius 1 is 1.17 bits per heavy atom. The first-order chi connectivity index (χ1) is 17.3.